The summed E-state index contributed by atoms with van der Waals surface area (Å²) in [7, 11) is -4.12. The van der Waals surface area contributed by atoms with E-state index in [4.69, 9.17) is 4.74 Å². The number of carbonyl (C=O) groups is 1. The molecule has 2 heterocycles. The molecular formula is C23H24N2O4S. The number of ether oxygens (including phenoxy) is 1. The van der Waals surface area contributed by atoms with Crippen LogP contribution in [-0.4, -0.2) is 25.9 Å². The summed E-state index contributed by atoms with van der Waals surface area (Å²) in [5.74, 6) is -0.662. The molecule has 4 rings (SSSR count). The van der Waals surface area contributed by atoms with Gasteiger partial charge in [-0.05, 0) is 61.6 Å². The van der Waals surface area contributed by atoms with Crippen molar-refractivity contribution < 1.29 is 17.9 Å². The first-order chi connectivity index (χ1) is 14.4. The molecule has 30 heavy (non-hydrogen) atoms. The first-order valence-corrected chi connectivity index (χ1v) is 11.5. The van der Waals surface area contributed by atoms with Crippen molar-refractivity contribution in [1.82, 2.24) is 9.71 Å². The van der Waals surface area contributed by atoms with E-state index < -0.39 is 21.5 Å². The number of sulfonamides is 1. The van der Waals surface area contributed by atoms with Crippen LogP contribution in [0.2, 0.25) is 0 Å². The van der Waals surface area contributed by atoms with Crippen molar-refractivity contribution in [2.24, 2.45) is 0 Å². The highest BCUT2D eigenvalue weighted by atomic mass is 32.2. The van der Waals surface area contributed by atoms with Crippen LogP contribution in [0.3, 0.4) is 0 Å². The molecule has 1 saturated heterocycles. The molecule has 1 fully saturated rings. The van der Waals surface area contributed by atoms with Gasteiger partial charge in [0, 0.05) is 17.7 Å². The van der Waals surface area contributed by atoms with Crippen LogP contribution >= 0.6 is 0 Å². The number of carbonyl (C=O) groups excluding carboxylic acids is 1. The summed E-state index contributed by atoms with van der Waals surface area (Å²) in [5.41, 5.74) is 1.79. The molecular weight excluding hydrogens is 400 g/mol. The quantitative estimate of drug-likeness (QED) is 0.676. The number of aromatic nitrogens is 1. The van der Waals surface area contributed by atoms with Crippen LogP contribution in [0.4, 0.5) is 0 Å². The lowest BCUT2D eigenvalue weighted by Gasteiger charge is -2.28. The Morgan fingerprint density at radius 3 is 2.70 bits per heavy atom. The van der Waals surface area contributed by atoms with Crippen molar-refractivity contribution in [2.75, 3.05) is 6.61 Å². The number of pyridine rings is 1. The van der Waals surface area contributed by atoms with E-state index >= 15 is 0 Å². The summed E-state index contributed by atoms with van der Waals surface area (Å²) in [6.45, 7) is 4.28. The third-order valence-corrected chi connectivity index (χ3v) is 6.93. The first-order valence-electron chi connectivity index (χ1n) is 10.0. The Kier molecular flexibility index (Phi) is 5.34. The minimum atomic E-state index is -4.12. The van der Waals surface area contributed by atoms with Gasteiger partial charge in [-0.25, -0.2) is 13.1 Å². The molecule has 6 nitrogen and oxygen atoms in total. The van der Waals surface area contributed by atoms with Crippen LogP contribution in [0.1, 0.15) is 36.6 Å². The maximum absolute atomic E-state index is 13.3. The van der Waals surface area contributed by atoms with Gasteiger partial charge in [0.2, 0.25) is 0 Å². The second kappa shape index (κ2) is 7.81. The highest BCUT2D eigenvalue weighted by molar-refractivity contribution is 7.90. The monoisotopic (exact) mass is 424 g/mol. The summed E-state index contributed by atoms with van der Waals surface area (Å²) in [5, 5.41) is 0.470. The number of amides is 1. The maximum Gasteiger partial charge on any atom is 0.270 e. The lowest BCUT2D eigenvalue weighted by Crippen LogP contribution is -2.46. The molecule has 1 aliphatic heterocycles. The largest absolute Gasteiger partial charge is 0.360 e. The molecule has 1 amide bonds. The Labute approximate surface area is 176 Å². The number of fused-ring (bicyclic) bond motifs is 1. The van der Waals surface area contributed by atoms with E-state index in [-0.39, 0.29) is 4.90 Å². The minimum absolute atomic E-state index is 0.0244. The van der Waals surface area contributed by atoms with E-state index in [0.717, 1.165) is 17.7 Å². The van der Waals surface area contributed by atoms with Crippen LogP contribution in [0.15, 0.2) is 59.5 Å². The third kappa shape index (κ3) is 3.59. The second-order valence-electron chi connectivity index (χ2n) is 7.54. The van der Waals surface area contributed by atoms with Gasteiger partial charge in [-0.1, -0.05) is 37.3 Å². The van der Waals surface area contributed by atoms with E-state index in [2.05, 4.69) is 9.71 Å². The fourth-order valence-corrected chi connectivity index (χ4v) is 5.18. The summed E-state index contributed by atoms with van der Waals surface area (Å²) < 4.78 is 34.5. The molecule has 1 aromatic heterocycles. The molecule has 0 bridgehead atoms. The van der Waals surface area contributed by atoms with Gasteiger partial charge in [0.25, 0.3) is 15.9 Å². The van der Waals surface area contributed by atoms with Crippen molar-refractivity contribution >= 4 is 26.8 Å². The first kappa shape index (κ1) is 20.5. The molecule has 3 aromatic rings. The van der Waals surface area contributed by atoms with Crippen molar-refractivity contribution in [3.8, 4) is 0 Å². The van der Waals surface area contributed by atoms with Crippen molar-refractivity contribution in [1.29, 1.82) is 0 Å². The Morgan fingerprint density at radius 1 is 1.17 bits per heavy atom. The van der Waals surface area contributed by atoms with Gasteiger partial charge < -0.3 is 4.74 Å². The maximum atomic E-state index is 13.3. The zero-order valence-corrected chi connectivity index (χ0v) is 17.8. The predicted molar refractivity (Wildman–Crippen MR) is 114 cm³/mol. The van der Waals surface area contributed by atoms with Crippen LogP contribution in [-0.2, 0) is 31.6 Å². The molecule has 0 radical (unpaired) electrons. The second-order valence-corrected chi connectivity index (χ2v) is 9.19. The van der Waals surface area contributed by atoms with E-state index in [1.807, 2.05) is 38.1 Å². The lowest BCUT2D eigenvalue weighted by molar-refractivity contribution is -0.140. The minimum Gasteiger partial charge on any atom is -0.360 e. The van der Waals surface area contributed by atoms with Gasteiger partial charge in [-0.15, -0.1) is 0 Å². The van der Waals surface area contributed by atoms with Gasteiger partial charge in [-0.3, -0.25) is 9.78 Å². The number of nitrogens with zero attached hydrogens (tertiary/aromatic N) is 1. The summed E-state index contributed by atoms with van der Waals surface area (Å²) >= 11 is 0. The van der Waals surface area contributed by atoms with Gasteiger partial charge in [-0.2, -0.15) is 0 Å². The van der Waals surface area contributed by atoms with Gasteiger partial charge >= 0.3 is 0 Å². The standard InChI is InChI=1S/C23H24N2O4S/c1-3-17-7-4-8-18(15-17)23(13-6-14-29-23)22(26)25-30(27,28)21-10-5-9-20-19(21)12-11-16(2)24-20/h4-5,7-12,15H,3,6,13-14H2,1-2H3,(H,25,26). The highest BCUT2D eigenvalue weighted by Crippen LogP contribution is 2.37. The zero-order valence-electron chi connectivity index (χ0n) is 17.0. The summed E-state index contributed by atoms with van der Waals surface area (Å²) in [6.07, 6.45) is 1.92. The smallest absolute Gasteiger partial charge is 0.270 e. The van der Waals surface area contributed by atoms with E-state index in [0.29, 0.717) is 35.9 Å². The Bertz CT molecular complexity index is 1210. The Balaban J connectivity index is 1.73. The summed E-state index contributed by atoms with van der Waals surface area (Å²) in [4.78, 5) is 17.7. The van der Waals surface area contributed by atoms with E-state index in [9.17, 15) is 13.2 Å². The fourth-order valence-electron chi connectivity index (χ4n) is 3.94. The number of aryl methyl sites for hydroxylation is 2. The zero-order chi connectivity index (χ0) is 21.4. The molecule has 1 N–H and O–H groups in total. The normalized spacial score (nSPS) is 19.1. The fraction of sp³-hybridized carbons (Fsp3) is 0.304. The number of hydrogen-bond donors (Lipinski definition) is 1. The molecule has 7 heteroatoms. The van der Waals surface area contributed by atoms with Crippen LogP contribution in [0.5, 0.6) is 0 Å². The number of benzene rings is 2. The lowest BCUT2D eigenvalue weighted by atomic mass is 9.89. The molecule has 156 valence electrons. The Morgan fingerprint density at radius 2 is 1.97 bits per heavy atom. The SMILES string of the molecule is CCc1cccc(C2(C(=O)NS(=O)(=O)c3cccc4nc(C)ccc34)CCCO2)c1. The van der Waals surface area contributed by atoms with Crippen LogP contribution < -0.4 is 4.72 Å². The van der Waals surface area contributed by atoms with Crippen molar-refractivity contribution in [3.05, 3.63) is 71.4 Å². The predicted octanol–water partition coefficient (Wildman–Crippen LogP) is 3.62. The molecule has 0 saturated carbocycles. The van der Waals surface area contributed by atoms with Crippen molar-refractivity contribution in [2.45, 2.75) is 43.6 Å². The third-order valence-electron chi connectivity index (χ3n) is 5.54. The molecule has 0 spiro atoms. The summed E-state index contributed by atoms with van der Waals surface area (Å²) in [6, 6.07) is 15.9. The van der Waals surface area contributed by atoms with Crippen molar-refractivity contribution in [3.63, 3.8) is 0 Å². The van der Waals surface area contributed by atoms with E-state index in [1.165, 1.54) is 6.07 Å². The molecule has 2 aromatic carbocycles. The highest BCUT2D eigenvalue weighted by Gasteiger charge is 2.46. The average Bonchev–Trinajstić information content (AvgIpc) is 3.24. The molecule has 0 aliphatic carbocycles. The number of nitrogens with one attached hydrogen (secondary N) is 1. The average molecular weight is 425 g/mol. The van der Waals surface area contributed by atoms with Gasteiger partial charge in [0.15, 0.2) is 5.60 Å². The Hall–Kier alpha value is -2.77. The molecule has 1 unspecified atom stereocenters. The van der Waals surface area contributed by atoms with E-state index in [1.54, 1.807) is 24.3 Å². The van der Waals surface area contributed by atoms with Crippen LogP contribution in [0, 0.1) is 6.92 Å². The van der Waals surface area contributed by atoms with Crippen LogP contribution in [0.25, 0.3) is 10.9 Å². The molecule has 1 aliphatic rings. The number of hydrogen-bond acceptors (Lipinski definition) is 5. The molecule has 1 atom stereocenters. The van der Waals surface area contributed by atoms with Gasteiger partial charge in [0.05, 0.1) is 10.4 Å². The topological polar surface area (TPSA) is 85.4 Å². The van der Waals surface area contributed by atoms with Gasteiger partial charge in [0.1, 0.15) is 0 Å². The number of rotatable bonds is 5.